The fourth-order valence-corrected chi connectivity index (χ4v) is 1.14. The van der Waals surface area contributed by atoms with Crippen LogP contribution in [0.3, 0.4) is 0 Å². The molecule has 1 rings (SSSR count). The van der Waals surface area contributed by atoms with E-state index in [1.165, 1.54) is 6.07 Å². The summed E-state index contributed by atoms with van der Waals surface area (Å²) in [5.41, 5.74) is 4.41. The molecular formula is C10H11F2N3O2. The Balaban J connectivity index is 2.53. The lowest BCUT2D eigenvalue weighted by atomic mass is 10.2. The van der Waals surface area contributed by atoms with Crippen molar-refractivity contribution >= 4 is 11.9 Å². The van der Waals surface area contributed by atoms with E-state index in [1.807, 2.05) is 0 Å². The summed E-state index contributed by atoms with van der Waals surface area (Å²) in [4.78, 5) is 21.7. The molecule has 0 spiro atoms. The van der Waals surface area contributed by atoms with Gasteiger partial charge in [-0.3, -0.25) is 4.79 Å². The van der Waals surface area contributed by atoms with Crippen LogP contribution in [0.25, 0.3) is 0 Å². The molecular weight excluding hydrogens is 232 g/mol. The standard InChI is InChI=1S/C10H11F2N3O2/c11-7-3-1-2-6(8(7)12)9(16)14-4-5-15-10(13)17/h1-3H,4-5H2,(H,14,16)(H3,13,15,17). The van der Waals surface area contributed by atoms with Gasteiger partial charge in [0.2, 0.25) is 0 Å². The summed E-state index contributed by atoms with van der Waals surface area (Å²) in [6.45, 7) is 0.176. The van der Waals surface area contributed by atoms with Crippen LogP contribution >= 0.6 is 0 Å². The van der Waals surface area contributed by atoms with Crippen molar-refractivity contribution in [2.75, 3.05) is 13.1 Å². The van der Waals surface area contributed by atoms with Gasteiger partial charge in [0.25, 0.3) is 5.91 Å². The van der Waals surface area contributed by atoms with E-state index in [1.54, 1.807) is 0 Å². The number of benzene rings is 1. The third-order valence-electron chi connectivity index (χ3n) is 1.91. The van der Waals surface area contributed by atoms with Crippen LogP contribution < -0.4 is 16.4 Å². The van der Waals surface area contributed by atoms with Gasteiger partial charge in [0.05, 0.1) is 5.56 Å². The Hall–Kier alpha value is -2.18. The van der Waals surface area contributed by atoms with Crippen LogP contribution in [0.5, 0.6) is 0 Å². The van der Waals surface area contributed by atoms with E-state index < -0.39 is 23.6 Å². The highest BCUT2D eigenvalue weighted by molar-refractivity contribution is 5.94. The molecule has 0 bridgehead atoms. The largest absolute Gasteiger partial charge is 0.352 e. The number of urea groups is 1. The molecule has 1 aromatic rings. The highest BCUT2D eigenvalue weighted by Gasteiger charge is 2.14. The van der Waals surface area contributed by atoms with Crippen molar-refractivity contribution < 1.29 is 18.4 Å². The SMILES string of the molecule is NC(=O)NCCNC(=O)c1cccc(F)c1F. The third-order valence-corrected chi connectivity index (χ3v) is 1.91. The smallest absolute Gasteiger partial charge is 0.312 e. The van der Waals surface area contributed by atoms with Crippen molar-refractivity contribution in [2.45, 2.75) is 0 Å². The van der Waals surface area contributed by atoms with E-state index in [0.717, 1.165) is 12.1 Å². The molecule has 92 valence electrons. The summed E-state index contributed by atoms with van der Waals surface area (Å²) >= 11 is 0. The number of rotatable bonds is 4. The van der Waals surface area contributed by atoms with Gasteiger partial charge in [-0.25, -0.2) is 13.6 Å². The molecule has 1 aromatic carbocycles. The van der Waals surface area contributed by atoms with Crippen molar-refractivity contribution in [3.05, 3.63) is 35.4 Å². The average molecular weight is 243 g/mol. The highest BCUT2D eigenvalue weighted by Crippen LogP contribution is 2.10. The van der Waals surface area contributed by atoms with E-state index in [2.05, 4.69) is 10.6 Å². The van der Waals surface area contributed by atoms with Crippen LogP contribution in [-0.4, -0.2) is 25.0 Å². The van der Waals surface area contributed by atoms with Gasteiger partial charge in [-0.05, 0) is 12.1 Å². The zero-order valence-corrected chi connectivity index (χ0v) is 8.80. The number of amides is 3. The predicted octanol–water partition coefficient (Wildman–Crippen LogP) is 0.363. The number of nitrogens with two attached hydrogens (primary N) is 1. The topological polar surface area (TPSA) is 84.2 Å². The molecule has 0 radical (unpaired) electrons. The monoisotopic (exact) mass is 243 g/mol. The summed E-state index contributed by atoms with van der Waals surface area (Å²) in [5, 5.41) is 4.54. The van der Waals surface area contributed by atoms with Gasteiger partial charge in [0.1, 0.15) is 0 Å². The van der Waals surface area contributed by atoms with Crippen LogP contribution in [0, 0.1) is 11.6 Å². The molecule has 0 aromatic heterocycles. The quantitative estimate of drug-likeness (QED) is 0.667. The molecule has 0 heterocycles. The summed E-state index contributed by atoms with van der Waals surface area (Å²) in [6.07, 6.45) is 0. The zero-order chi connectivity index (χ0) is 12.8. The Bertz CT molecular complexity index is 438. The molecule has 0 aliphatic carbocycles. The first kappa shape index (κ1) is 12.9. The maximum atomic E-state index is 13.2. The Kier molecular flexibility index (Phi) is 4.38. The number of hydrogen-bond donors (Lipinski definition) is 3. The van der Waals surface area contributed by atoms with Gasteiger partial charge in [-0.2, -0.15) is 0 Å². The van der Waals surface area contributed by atoms with Gasteiger partial charge < -0.3 is 16.4 Å². The second kappa shape index (κ2) is 5.78. The van der Waals surface area contributed by atoms with E-state index in [-0.39, 0.29) is 18.7 Å². The summed E-state index contributed by atoms with van der Waals surface area (Å²) in [7, 11) is 0. The van der Waals surface area contributed by atoms with Crippen molar-refractivity contribution in [1.82, 2.24) is 10.6 Å². The molecule has 0 unspecified atom stereocenters. The molecule has 0 aliphatic heterocycles. The van der Waals surface area contributed by atoms with Gasteiger partial charge in [-0.1, -0.05) is 6.07 Å². The lowest BCUT2D eigenvalue weighted by Crippen LogP contribution is -2.37. The molecule has 3 amide bonds. The van der Waals surface area contributed by atoms with E-state index in [9.17, 15) is 18.4 Å². The fraction of sp³-hybridized carbons (Fsp3) is 0.200. The Morgan fingerprint density at radius 3 is 2.47 bits per heavy atom. The number of nitrogens with one attached hydrogen (secondary N) is 2. The first-order valence-corrected chi connectivity index (χ1v) is 4.78. The van der Waals surface area contributed by atoms with Crippen LogP contribution in [0.2, 0.25) is 0 Å². The fourth-order valence-electron chi connectivity index (χ4n) is 1.14. The summed E-state index contributed by atoms with van der Waals surface area (Å²) < 4.78 is 26.0. The molecule has 7 heteroatoms. The number of carbonyl (C=O) groups excluding carboxylic acids is 2. The van der Waals surface area contributed by atoms with Crippen LogP contribution in [0.15, 0.2) is 18.2 Å². The summed E-state index contributed by atoms with van der Waals surface area (Å²) in [5.74, 6) is -3.05. The van der Waals surface area contributed by atoms with Gasteiger partial charge in [-0.15, -0.1) is 0 Å². The number of hydrogen-bond acceptors (Lipinski definition) is 2. The second-order valence-electron chi connectivity index (χ2n) is 3.15. The van der Waals surface area contributed by atoms with Crippen LogP contribution in [0.4, 0.5) is 13.6 Å². The molecule has 4 N–H and O–H groups in total. The van der Waals surface area contributed by atoms with Gasteiger partial charge >= 0.3 is 6.03 Å². The highest BCUT2D eigenvalue weighted by atomic mass is 19.2. The molecule has 0 atom stereocenters. The Morgan fingerprint density at radius 1 is 1.18 bits per heavy atom. The predicted molar refractivity (Wildman–Crippen MR) is 56.3 cm³/mol. The normalized spacial score (nSPS) is 9.76. The van der Waals surface area contributed by atoms with Gasteiger partial charge in [0, 0.05) is 13.1 Å². The first-order chi connectivity index (χ1) is 8.02. The minimum Gasteiger partial charge on any atom is -0.352 e. The zero-order valence-electron chi connectivity index (χ0n) is 8.80. The lowest BCUT2D eigenvalue weighted by molar-refractivity contribution is 0.0949. The first-order valence-electron chi connectivity index (χ1n) is 4.78. The molecule has 17 heavy (non-hydrogen) atoms. The van der Waals surface area contributed by atoms with Crippen molar-refractivity contribution in [2.24, 2.45) is 5.73 Å². The molecule has 0 fully saturated rings. The Labute approximate surface area is 96.0 Å². The minimum atomic E-state index is -1.20. The van der Waals surface area contributed by atoms with Crippen molar-refractivity contribution in [1.29, 1.82) is 0 Å². The molecule has 5 nitrogen and oxygen atoms in total. The molecule has 0 saturated carbocycles. The number of carbonyl (C=O) groups is 2. The van der Waals surface area contributed by atoms with Crippen molar-refractivity contribution in [3.63, 3.8) is 0 Å². The number of primary amides is 1. The molecule has 0 saturated heterocycles. The second-order valence-corrected chi connectivity index (χ2v) is 3.15. The van der Waals surface area contributed by atoms with Gasteiger partial charge in [0.15, 0.2) is 11.6 Å². The van der Waals surface area contributed by atoms with Crippen LogP contribution in [-0.2, 0) is 0 Å². The maximum absolute atomic E-state index is 13.2. The average Bonchev–Trinajstić information content (AvgIpc) is 2.27. The molecule has 0 aliphatic rings. The maximum Gasteiger partial charge on any atom is 0.312 e. The third kappa shape index (κ3) is 3.71. The van der Waals surface area contributed by atoms with Crippen molar-refractivity contribution in [3.8, 4) is 0 Å². The van der Waals surface area contributed by atoms with E-state index in [4.69, 9.17) is 5.73 Å². The van der Waals surface area contributed by atoms with E-state index in [0.29, 0.717) is 0 Å². The lowest BCUT2D eigenvalue weighted by Gasteiger charge is -2.06. The summed E-state index contributed by atoms with van der Waals surface area (Å²) in [6, 6.07) is 2.58. The van der Waals surface area contributed by atoms with Crippen LogP contribution in [0.1, 0.15) is 10.4 Å². The minimum absolute atomic E-state index is 0.0672. The van der Waals surface area contributed by atoms with E-state index >= 15 is 0 Å². The Morgan fingerprint density at radius 2 is 1.82 bits per heavy atom. The number of halogens is 2.